The Morgan fingerprint density at radius 3 is 2.31 bits per heavy atom. The minimum absolute atomic E-state index is 0.129. The van der Waals surface area contributed by atoms with Gasteiger partial charge in [-0.25, -0.2) is 0 Å². The van der Waals surface area contributed by atoms with Crippen molar-refractivity contribution in [3.8, 4) is 11.8 Å². The van der Waals surface area contributed by atoms with Crippen molar-refractivity contribution in [1.82, 2.24) is 0 Å². The van der Waals surface area contributed by atoms with E-state index in [-0.39, 0.29) is 17.3 Å². The fourth-order valence-corrected chi connectivity index (χ4v) is 4.44. The monoisotopic (exact) mass is 523 g/mol. The van der Waals surface area contributed by atoms with Gasteiger partial charge in [0.15, 0.2) is 0 Å². The molecule has 0 radical (unpaired) electrons. The van der Waals surface area contributed by atoms with E-state index in [1.807, 2.05) is 49.4 Å². The molecule has 204 valence electrons. The second kappa shape index (κ2) is 14.9. The Morgan fingerprint density at radius 2 is 1.64 bits per heavy atom. The molecule has 0 aliphatic carbocycles. The summed E-state index contributed by atoms with van der Waals surface area (Å²) in [6, 6.07) is 26.7. The number of benzene rings is 3. The van der Waals surface area contributed by atoms with Gasteiger partial charge in [-0.15, -0.1) is 0 Å². The zero-order chi connectivity index (χ0) is 28.1. The summed E-state index contributed by atoms with van der Waals surface area (Å²) in [5.74, 6) is 1.02. The molecule has 3 aromatic carbocycles. The second-order valence-corrected chi connectivity index (χ2v) is 11.0. The minimum atomic E-state index is -0.129. The number of unbranched alkanes of at least 4 members (excludes halogenated alkanes) is 1. The van der Waals surface area contributed by atoms with Gasteiger partial charge in [-0.2, -0.15) is 5.26 Å². The second-order valence-electron chi connectivity index (χ2n) is 11.0. The Kier molecular flexibility index (Phi) is 11.4. The van der Waals surface area contributed by atoms with Gasteiger partial charge >= 0.3 is 5.97 Å². The summed E-state index contributed by atoms with van der Waals surface area (Å²) in [4.78, 5) is 11.7. The lowest BCUT2D eigenvalue weighted by atomic mass is 9.87. The third-order valence-corrected chi connectivity index (χ3v) is 6.77. The predicted octanol–water partition coefficient (Wildman–Crippen LogP) is 8.43. The first-order chi connectivity index (χ1) is 18.8. The number of allylic oxidation sites excluding steroid dienone is 1. The Morgan fingerprint density at radius 1 is 0.949 bits per heavy atom. The van der Waals surface area contributed by atoms with Crippen LogP contribution in [0.25, 0.3) is 6.08 Å². The van der Waals surface area contributed by atoms with Crippen molar-refractivity contribution in [3.63, 3.8) is 0 Å². The van der Waals surface area contributed by atoms with Crippen LogP contribution in [0.4, 0.5) is 0 Å². The zero-order valence-electron chi connectivity index (χ0n) is 23.8. The van der Waals surface area contributed by atoms with Gasteiger partial charge in [0.1, 0.15) is 12.4 Å². The molecular weight excluding hydrogens is 482 g/mol. The van der Waals surface area contributed by atoms with Crippen molar-refractivity contribution in [1.29, 1.82) is 5.26 Å². The van der Waals surface area contributed by atoms with Crippen LogP contribution in [0.2, 0.25) is 0 Å². The molecule has 0 aliphatic heterocycles. The van der Waals surface area contributed by atoms with E-state index < -0.39 is 0 Å². The molecule has 1 atom stereocenters. The highest BCUT2D eigenvalue weighted by Crippen LogP contribution is 2.26. The first kappa shape index (κ1) is 29.7. The van der Waals surface area contributed by atoms with Crippen molar-refractivity contribution in [2.45, 2.75) is 71.8 Å². The number of ether oxygens (including phenoxy) is 2. The Bertz CT molecular complexity index is 1240. The van der Waals surface area contributed by atoms with Gasteiger partial charge < -0.3 is 9.47 Å². The first-order valence-electron chi connectivity index (χ1n) is 13.9. The molecule has 1 unspecified atom stereocenters. The van der Waals surface area contributed by atoms with Crippen LogP contribution < -0.4 is 4.74 Å². The fraction of sp³-hybridized carbons (Fsp3) is 0.371. The van der Waals surface area contributed by atoms with Crippen LogP contribution in [-0.4, -0.2) is 12.6 Å². The summed E-state index contributed by atoms with van der Waals surface area (Å²) in [6.45, 7) is 9.42. The molecule has 4 heteroatoms. The summed E-state index contributed by atoms with van der Waals surface area (Å²) < 4.78 is 11.3. The van der Waals surface area contributed by atoms with Gasteiger partial charge in [0, 0.05) is 12.0 Å². The molecule has 39 heavy (non-hydrogen) atoms. The highest BCUT2D eigenvalue weighted by atomic mass is 16.5. The molecule has 3 aromatic rings. The minimum Gasteiger partial charge on any atom is -0.488 e. The molecule has 0 fully saturated rings. The molecule has 0 aliphatic rings. The van der Waals surface area contributed by atoms with Gasteiger partial charge in [0.25, 0.3) is 0 Å². The smallest absolute Gasteiger partial charge is 0.305 e. The maximum atomic E-state index is 11.7. The number of esters is 1. The number of nitrogens with zero attached hydrogens (tertiary/aromatic N) is 1. The number of nitriles is 1. The standard InChI is InChI=1S/C35H41NO3/c1-5-38-34(37)13-9-6-10-27(24-28-14-16-29(25-36)17-15-28)18-21-31-11-7-8-12-33(31)39-26-30-19-22-32(23-20-30)35(2,3)4/h7-8,11-12,14-23,27H,5-6,9-10,13,24,26H2,1-4H3/b21-18+. The molecule has 0 N–H and O–H groups in total. The lowest BCUT2D eigenvalue weighted by Gasteiger charge is -2.19. The lowest BCUT2D eigenvalue weighted by Crippen LogP contribution is -2.10. The van der Waals surface area contributed by atoms with E-state index in [4.69, 9.17) is 14.7 Å². The fourth-order valence-electron chi connectivity index (χ4n) is 4.44. The molecule has 0 spiro atoms. The molecular formula is C35H41NO3. The number of hydrogen-bond donors (Lipinski definition) is 0. The van der Waals surface area contributed by atoms with Crippen molar-refractivity contribution in [2.24, 2.45) is 5.92 Å². The van der Waals surface area contributed by atoms with E-state index in [0.29, 0.717) is 25.2 Å². The molecule has 3 rings (SSSR count). The van der Waals surface area contributed by atoms with Gasteiger partial charge in [-0.1, -0.05) is 93.9 Å². The SMILES string of the molecule is CCOC(=O)CCCCC(/C=C/c1ccccc1OCc1ccc(C(C)(C)C)cc1)Cc1ccc(C#N)cc1. The van der Waals surface area contributed by atoms with Crippen LogP contribution in [0.3, 0.4) is 0 Å². The van der Waals surface area contributed by atoms with E-state index in [2.05, 4.69) is 69.3 Å². The molecule has 0 saturated carbocycles. The summed E-state index contributed by atoms with van der Waals surface area (Å²) in [7, 11) is 0. The summed E-state index contributed by atoms with van der Waals surface area (Å²) in [5.41, 5.74) is 5.48. The average Bonchev–Trinajstić information content (AvgIpc) is 2.93. The van der Waals surface area contributed by atoms with E-state index in [1.54, 1.807) is 0 Å². The maximum Gasteiger partial charge on any atom is 0.305 e. The Labute approximate surface area is 234 Å². The van der Waals surface area contributed by atoms with E-state index in [9.17, 15) is 4.79 Å². The third-order valence-electron chi connectivity index (χ3n) is 6.77. The molecule has 0 aromatic heterocycles. The van der Waals surface area contributed by atoms with E-state index in [1.165, 1.54) is 11.1 Å². The number of carbonyl (C=O) groups is 1. The summed E-state index contributed by atoms with van der Waals surface area (Å²) >= 11 is 0. The highest BCUT2D eigenvalue weighted by Gasteiger charge is 2.13. The third kappa shape index (κ3) is 10.1. The molecule has 0 saturated heterocycles. The first-order valence-corrected chi connectivity index (χ1v) is 13.9. The van der Waals surface area contributed by atoms with Gasteiger partial charge in [0.2, 0.25) is 0 Å². The van der Waals surface area contributed by atoms with E-state index >= 15 is 0 Å². The maximum absolute atomic E-state index is 11.7. The van der Waals surface area contributed by atoms with Crippen LogP contribution in [0.15, 0.2) is 78.9 Å². The summed E-state index contributed by atoms with van der Waals surface area (Å²) in [6.07, 6.45) is 8.43. The quantitative estimate of drug-likeness (QED) is 0.167. The van der Waals surface area contributed by atoms with Crippen LogP contribution in [0.1, 0.15) is 81.2 Å². The molecule has 0 amide bonds. The summed E-state index contributed by atoms with van der Waals surface area (Å²) in [5, 5.41) is 9.12. The normalized spacial score (nSPS) is 12.2. The molecule has 0 heterocycles. The number of rotatable bonds is 13. The van der Waals surface area contributed by atoms with E-state index in [0.717, 1.165) is 42.6 Å². The predicted molar refractivity (Wildman–Crippen MR) is 158 cm³/mol. The topological polar surface area (TPSA) is 59.3 Å². The van der Waals surface area contributed by atoms with Crippen LogP contribution in [0, 0.1) is 17.2 Å². The number of para-hydroxylation sites is 1. The van der Waals surface area contributed by atoms with Gasteiger partial charge in [-0.05, 0) is 72.4 Å². The van der Waals surface area contributed by atoms with Crippen LogP contribution in [-0.2, 0) is 28.0 Å². The number of hydrogen-bond acceptors (Lipinski definition) is 4. The van der Waals surface area contributed by atoms with Crippen LogP contribution in [0.5, 0.6) is 5.75 Å². The van der Waals surface area contributed by atoms with Crippen molar-refractivity contribution >= 4 is 12.0 Å². The Hall–Kier alpha value is -3.84. The van der Waals surface area contributed by atoms with Crippen molar-refractivity contribution in [3.05, 3.63) is 107 Å². The highest BCUT2D eigenvalue weighted by molar-refractivity contribution is 5.69. The largest absolute Gasteiger partial charge is 0.488 e. The van der Waals surface area contributed by atoms with Crippen molar-refractivity contribution < 1.29 is 14.3 Å². The van der Waals surface area contributed by atoms with Gasteiger partial charge in [0.05, 0.1) is 18.2 Å². The van der Waals surface area contributed by atoms with Gasteiger partial charge in [-0.3, -0.25) is 4.79 Å². The number of carbonyl (C=O) groups excluding carboxylic acids is 1. The average molecular weight is 524 g/mol. The molecule has 0 bridgehead atoms. The molecule has 4 nitrogen and oxygen atoms in total. The lowest BCUT2D eigenvalue weighted by molar-refractivity contribution is -0.143. The Balaban J connectivity index is 1.68. The van der Waals surface area contributed by atoms with Crippen LogP contribution >= 0.6 is 0 Å². The van der Waals surface area contributed by atoms with Crippen molar-refractivity contribution in [2.75, 3.05) is 6.61 Å². The zero-order valence-corrected chi connectivity index (χ0v) is 23.8.